The number of nitrogens with zero attached hydrogens (tertiary/aromatic N) is 1. The summed E-state index contributed by atoms with van der Waals surface area (Å²) < 4.78 is 12.9. The third-order valence-corrected chi connectivity index (χ3v) is 4.33. The van der Waals surface area contributed by atoms with Gasteiger partial charge in [0.1, 0.15) is 5.82 Å². The van der Waals surface area contributed by atoms with E-state index in [4.69, 9.17) is 0 Å². The number of rotatable bonds is 5. The van der Waals surface area contributed by atoms with E-state index in [1.54, 1.807) is 18.3 Å². The molecular formula is C18H15FN2OS. The van der Waals surface area contributed by atoms with E-state index in [-0.39, 0.29) is 11.4 Å². The highest BCUT2D eigenvalue weighted by Gasteiger charge is 2.05. The normalized spacial score (nSPS) is 10.7. The van der Waals surface area contributed by atoms with Crippen LogP contribution in [0.25, 0.3) is 0 Å². The van der Waals surface area contributed by atoms with Crippen LogP contribution in [0, 0.1) is 5.82 Å². The molecule has 0 atom stereocenters. The predicted octanol–water partition coefficient (Wildman–Crippen LogP) is 3.79. The zero-order valence-electron chi connectivity index (χ0n) is 12.3. The zero-order valence-corrected chi connectivity index (χ0v) is 13.1. The molecule has 0 saturated heterocycles. The molecule has 0 saturated carbocycles. The molecule has 0 fully saturated rings. The second kappa shape index (κ2) is 7.24. The summed E-state index contributed by atoms with van der Waals surface area (Å²) in [6.45, 7) is 0. The largest absolute Gasteiger partial charge is 0.341 e. The topological polar surface area (TPSA) is 45.8 Å². The maximum atomic E-state index is 12.9. The van der Waals surface area contributed by atoms with Gasteiger partial charge >= 0.3 is 0 Å². The van der Waals surface area contributed by atoms with Crippen molar-refractivity contribution in [1.29, 1.82) is 0 Å². The fraction of sp³-hybridized carbons (Fsp3) is 0.111. The fourth-order valence-electron chi connectivity index (χ4n) is 2.16. The summed E-state index contributed by atoms with van der Waals surface area (Å²) in [7, 11) is 0. The number of hydrogen-bond donors (Lipinski definition) is 1. The van der Waals surface area contributed by atoms with Crippen molar-refractivity contribution in [3.8, 4) is 0 Å². The Morgan fingerprint density at radius 3 is 2.43 bits per heavy atom. The molecule has 23 heavy (non-hydrogen) atoms. The van der Waals surface area contributed by atoms with Crippen LogP contribution >= 0.6 is 11.8 Å². The lowest BCUT2D eigenvalue weighted by atomic mass is 10.1. The van der Waals surface area contributed by atoms with Crippen LogP contribution in [0.15, 0.2) is 70.7 Å². The first kappa shape index (κ1) is 15.5. The lowest BCUT2D eigenvalue weighted by molar-refractivity contribution is 0.627. The van der Waals surface area contributed by atoms with Gasteiger partial charge in [0.15, 0.2) is 5.16 Å². The summed E-state index contributed by atoms with van der Waals surface area (Å²) in [6.07, 6.45) is 2.28. The number of nitrogens with one attached hydrogen (secondary N) is 1. The first-order valence-corrected chi connectivity index (χ1v) is 8.19. The molecule has 0 unspecified atom stereocenters. The van der Waals surface area contributed by atoms with Gasteiger partial charge in [0.25, 0.3) is 5.56 Å². The number of halogens is 1. The molecule has 5 heteroatoms. The summed E-state index contributed by atoms with van der Waals surface area (Å²) in [5.41, 5.74) is 2.48. The minimum Gasteiger partial charge on any atom is -0.341 e. The highest BCUT2D eigenvalue weighted by atomic mass is 32.2. The molecule has 1 heterocycles. The highest BCUT2D eigenvalue weighted by molar-refractivity contribution is 7.98. The Bertz CT molecular complexity index is 832. The fourth-order valence-corrected chi connectivity index (χ4v) is 2.94. The van der Waals surface area contributed by atoms with Gasteiger partial charge in [-0.2, -0.15) is 4.98 Å². The molecule has 0 aliphatic carbocycles. The number of aromatic amines is 1. The summed E-state index contributed by atoms with van der Waals surface area (Å²) in [4.78, 5) is 19.2. The van der Waals surface area contributed by atoms with Crippen molar-refractivity contribution in [3.05, 3.63) is 93.7 Å². The van der Waals surface area contributed by atoms with Crippen molar-refractivity contribution in [2.24, 2.45) is 0 Å². The lowest BCUT2D eigenvalue weighted by Gasteiger charge is -2.04. The molecule has 2 aromatic carbocycles. The molecule has 1 aromatic heterocycles. The second-order valence-corrected chi connectivity index (χ2v) is 6.08. The maximum Gasteiger partial charge on any atom is 0.277 e. The Labute approximate surface area is 137 Å². The van der Waals surface area contributed by atoms with Crippen LogP contribution in [-0.4, -0.2) is 9.97 Å². The average Bonchev–Trinajstić information content (AvgIpc) is 2.57. The van der Waals surface area contributed by atoms with Gasteiger partial charge in [0.2, 0.25) is 0 Å². The minimum atomic E-state index is -0.254. The van der Waals surface area contributed by atoms with E-state index in [1.165, 1.54) is 23.9 Å². The lowest BCUT2D eigenvalue weighted by Crippen LogP contribution is -2.14. The standard InChI is InChI=1S/C18H15FN2OS/c19-16-8-6-14(7-9-16)12-23-18-20-11-15(17(22)21-18)10-13-4-2-1-3-5-13/h1-9,11H,10,12H2,(H,20,21,22). The predicted molar refractivity (Wildman–Crippen MR) is 90.1 cm³/mol. The monoisotopic (exact) mass is 326 g/mol. The Balaban J connectivity index is 1.67. The third-order valence-electron chi connectivity index (χ3n) is 3.37. The quantitative estimate of drug-likeness (QED) is 0.573. The molecule has 0 amide bonds. The van der Waals surface area contributed by atoms with Gasteiger partial charge < -0.3 is 4.98 Å². The van der Waals surface area contributed by atoms with Gasteiger partial charge in [-0.1, -0.05) is 54.2 Å². The smallest absolute Gasteiger partial charge is 0.277 e. The molecule has 3 rings (SSSR count). The third kappa shape index (κ3) is 4.29. The zero-order chi connectivity index (χ0) is 16.1. The molecule has 0 bridgehead atoms. The van der Waals surface area contributed by atoms with E-state index >= 15 is 0 Å². The van der Waals surface area contributed by atoms with E-state index in [0.29, 0.717) is 22.9 Å². The Morgan fingerprint density at radius 2 is 1.74 bits per heavy atom. The van der Waals surface area contributed by atoms with Crippen LogP contribution in [0.1, 0.15) is 16.7 Å². The van der Waals surface area contributed by atoms with Crippen LogP contribution in [-0.2, 0) is 12.2 Å². The van der Waals surface area contributed by atoms with E-state index in [2.05, 4.69) is 9.97 Å². The molecule has 3 nitrogen and oxygen atoms in total. The average molecular weight is 326 g/mol. The van der Waals surface area contributed by atoms with Gasteiger partial charge in [-0.05, 0) is 23.3 Å². The Hall–Kier alpha value is -2.40. The van der Waals surface area contributed by atoms with Gasteiger partial charge in [-0.25, -0.2) is 4.39 Å². The molecule has 3 aromatic rings. The molecule has 0 aliphatic rings. The molecule has 0 spiro atoms. The Morgan fingerprint density at radius 1 is 1.00 bits per heavy atom. The second-order valence-electron chi connectivity index (χ2n) is 5.11. The van der Waals surface area contributed by atoms with Crippen molar-refractivity contribution in [2.45, 2.75) is 17.3 Å². The Kier molecular flexibility index (Phi) is 4.88. The van der Waals surface area contributed by atoms with Crippen LogP contribution < -0.4 is 5.56 Å². The molecule has 0 radical (unpaired) electrons. The van der Waals surface area contributed by atoms with E-state index in [0.717, 1.165) is 11.1 Å². The first-order chi connectivity index (χ1) is 11.2. The van der Waals surface area contributed by atoms with Crippen molar-refractivity contribution in [2.75, 3.05) is 0 Å². The molecule has 1 N–H and O–H groups in total. The van der Waals surface area contributed by atoms with Crippen molar-refractivity contribution in [3.63, 3.8) is 0 Å². The van der Waals surface area contributed by atoms with Crippen molar-refractivity contribution < 1.29 is 4.39 Å². The summed E-state index contributed by atoms with van der Waals surface area (Å²) in [5.74, 6) is 0.372. The van der Waals surface area contributed by atoms with Gasteiger partial charge in [-0.3, -0.25) is 4.79 Å². The number of benzene rings is 2. The van der Waals surface area contributed by atoms with E-state index in [1.807, 2.05) is 30.3 Å². The molecular weight excluding hydrogens is 311 g/mol. The number of thioether (sulfide) groups is 1. The van der Waals surface area contributed by atoms with Gasteiger partial charge in [0, 0.05) is 23.9 Å². The van der Waals surface area contributed by atoms with Crippen molar-refractivity contribution in [1.82, 2.24) is 9.97 Å². The molecule has 0 aliphatic heterocycles. The highest BCUT2D eigenvalue weighted by Crippen LogP contribution is 2.18. The van der Waals surface area contributed by atoms with Crippen LogP contribution in [0.4, 0.5) is 4.39 Å². The number of hydrogen-bond acceptors (Lipinski definition) is 3. The van der Waals surface area contributed by atoms with Crippen molar-refractivity contribution >= 4 is 11.8 Å². The summed E-state index contributed by atoms with van der Waals surface area (Å²) >= 11 is 1.42. The number of H-pyrrole nitrogens is 1. The first-order valence-electron chi connectivity index (χ1n) is 7.20. The maximum absolute atomic E-state index is 12.9. The van der Waals surface area contributed by atoms with Crippen LogP contribution in [0.5, 0.6) is 0 Å². The van der Waals surface area contributed by atoms with E-state index in [9.17, 15) is 9.18 Å². The number of aromatic nitrogens is 2. The van der Waals surface area contributed by atoms with Crippen LogP contribution in [0.3, 0.4) is 0 Å². The van der Waals surface area contributed by atoms with Gasteiger partial charge in [-0.15, -0.1) is 0 Å². The summed E-state index contributed by atoms with van der Waals surface area (Å²) in [6, 6.07) is 16.1. The van der Waals surface area contributed by atoms with E-state index < -0.39 is 0 Å². The molecule has 116 valence electrons. The SMILES string of the molecule is O=c1nc(SCc2ccc(F)cc2)[nH]cc1Cc1ccccc1. The minimum absolute atomic E-state index is 0.214. The van der Waals surface area contributed by atoms with Gasteiger partial charge in [0.05, 0.1) is 0 Å². The summed E-state index contributed by atoms with van der Waals surface area (Å²) in [5, 5.41) is 0.566. The van der Waals surface area contributed by atoms with Crippen LogP contribution in [0.2, 0.25) is 0 Å².